The average molecular weight is 489 g/mol. The van der Waals surface area contributed by atoms with E-state index >= 15 is 0 Å². The van der Waals surface area contributed by atoms with Crippen LogP contribution in [0.5, 0.6) is 0 Å². The maximum atomic E-state index is 4.77. The van der Waals surface area contributed by atoms with Crippen LogP contribution in [0.4, 0.5) is 0 Å². The average Bonchev–Trinajstić information content (AvgIpc) is 3.35. The van der Waals surface area contributed by atoms with Gasteiger partial charge in [0.1, 0.15) is 6.33 Å². The van der Waals surface area contributed by atoms with Gasteiger partial charge in [-0.2, -0.15) is 0 Å². The molecular formula is C34H20N2S. The summed E-state index contributed by atoms with van der Waals surface area (Å²) in [5, 5.41) is 2.65. The Balaban J connectivity index is 1.45. The summed E-state index contributed by atoms with van der Waals surface area (Å²) in [6.45, 7) is 0. The van der Waals surface area contributed by atoms with Crippen LogP contribution in [-0.4, -0.2) is 9.97 Å². The van der Waals surface area contributed by atoms with E-state index in [9.17, 15) is 0 Å². The van der Waals surface area contributed by atoms with Gasteiger partial charge < -0.3 is 0 Å². The number of benzene rings is 5. The first-order chi connectivity index (χ1) is 18.4. The van der Waals surface area contributed by atoms with Crippen molar-refractivity contribution in [1.82, 2.24) is 9.97 Å². The Morgan fingerprint density at radius 1 is 0.486 bits per heavy atom. The second-order valence-corrected chi connectivity index (χ2v) is 10.5. The summed E-state index contributed by atoms with van der Waals surface area (Å²) in [5.41, 5.74) is 11.7. The summed E-state index contributed by atoms with van der Waals surface area (Å²) >= 11 is 1.88. The molecule has 3 heteroatoms. The van der Waals surface area contributed by atoms with Gasteiger partial charge in [-0.25, -0.2) is 9.97 Å². The van der Waals surface area contributed by atoms with Crippen molar-refractivity contribution in [1.29, 1.82) is 0 Å². The third-order valence-corrected chi connectivity index (χ3v) is 8.65. The third kappa shape index (κ3) is 3.05. The van der Waals surface area contributed by atoms with Crippen LogP contribution >= 0.6 is 11.3 Å². The van der Waals surface area contributed by atoms with Gasteiger partial charge >= 0.3 is 0 Å². The molecule has 2 heterocycles. The van der Waals surface area contributed by atoms with Gasteiger partial charge in [0.2, 0.25) is 0 Å². The van der Waals surface area contributed by atoms with Crippen molar-refractivity contribution in [2.45, 2.75) is 0 Å². The van der Waals surface area contributed by atoms with E-state index in [1.54, 1.807) is 6.33 Å². The predicted octanol–water partition coefficient (Wildman–Crippen LogP) is 9.49. The molecule has 1 aliphatic carbocycles. The Morgan fingerprint density at radius 2 is 1.14 bits per heavy atom. The monoisotopic (exact) mass is 488 g/mol. The minimum Gasteiger partial charge on any atom is -0.244 e. The lowest BCUT2D eigenvalue weighted by Crippen LogP contribution is -1.99. The Morgan fingerprint density at radius 3 is 2.00 bits per heavy atom. The zero-order valence-corrected chi connectivity index (χ0v) is 20.7. The minimum absolute atomic E-state index is 0.973. The molecule has 2 aromatic heterocycles. The van der Waals surface area contributed by atoms with Crippen LogP contribution in [0.2, 0.25) is 0 Å². The van der Waals surface area contributed by atoms with Gasteiger partial charge in [0, 0.05) is 37.5 Å². The minimum atomic E-state index is 0.973. The van der Waals surface area contributed by atoms with Crippen molar-refractivity contribution in [3.8, 4) is 55.8 Å². The van der Waals surface area contributed by atoms with Crippen molar-refractivity contribution < 1.29 is 0 Å². The molecule has 172 valence electrons. The van der Waals surface area contributed by atoms with Crippen LogP contribution in [0, 0.1) is 0 Å². The van der Waals surface area contributed by atoms with Gasteiger partial charge in [-0.1, -0.05) is 97.1 Å². The molecule has 0 bridgehead atoms. The molecule has 0 saturated heterocycles. The van der Waals surface area contributed by atoms with Crippen LogP contribution in [0.15, 0.2) is 122 Å². The van der Waals surface area contributed by atoms with Crippen molar-refractivity contribution in [3.05, 3.63) is 122 Å². The molecule has 0 unspecified atom stereocenters. The van der Waals surface area contributed by atoms with Gasteiger partial charge in [-0.05, 0) is 51.1 Å². The summed E-state index contributed by atoms with van der Waals surface area (Å²) in [6, 6.07) is 39.5. The van der Waals surface area contributed by atoms with Crippen LogP contribution in [-0.2, 0) is 0 Å². The molecule has 0 spiro atoms. The van der Waals surface area contributed by atoms with Crippen LogP contribution in [0.3, 0.4) is 0 Å². The zero-order chi connectivity index (χ0) is 24.3. The molecule has 0 N–H and O–H groups in total. The highest BCUT2D eigenvalue weighted by atomic mass is 32.1. The molecule has 0 saturated carbocycles. The fourth-order valence-electron chi connectivity index (χ4n) is 5.76. The molecule has 1 aliphatic rings. The second-order valence-electron chi connectivity index (χ2n) is 9.42. The first-order valence-corrected chi connectivity index (χ1v) is 13.2. The summed E-state index contributed by atoms with van der Waals surface area (Å²) in [7, 11) is 0. The molecule has 8 rings (SSSR count). The number of rotatable bonds is 1. The van der Waals surface area contributed by atoms with Gasteiger partial charge in [0.25, 0.3) is 0 Å². The first-order valence-electron chi connectivity index (χ1n) is 12.4. The Labute approximate surface area is 218 Å². The molecule has 2 nitrogen and oxygen atoms in total. The van der Waals surface area contributed by atoms with E-state index in [2.05, 4.69) is 114 Å². The normalized spacial score (nSPS) is 11.8. The zero-order valence-electron chi connectivity index (χ0n) is 19.8. The standard InChI is InChI=1S/C34H20N2S/c1-2-9-24-23(8-1)26-17-16-21(22-13-7-14-29-27-11-5-6-15-32(27)37-34(22)29)18-30(26)25-10-3-4-12-28(25)33-31(24)19-35-20-36-33/h1-20H. The number of fused-ring (bicyclic) bond motifs is 11. The second kappa shape index (κ2) is 7.95. The highest BCUT2D eigenvalue weighted by Gasteiger charge is 2.23. The lowest BCUT2D eigenvalue weighted by molar-refractivity contribution is 1.17. The molecule has 0 radical (unpaired) electrons. The van der Waals surface area contributed by atoms with Crippen molar-refractivity contribution >= 4 is 31.5 Å². The van der Waals surface area contributed by atoms with Crippen LogP contribution in [0.1, 0.15) is 0 Å². The van der Waals surface area contributed by atoms with E-state index in [4.69, 9.17) is 4.98 Å². The van der Waals surface area contributed by atoms with Gasteiger partial charge in [-0.15, -0.1) is 11.3 Å². The highest BCUT2D eigenvalue weighted by Crippen LogP contribution is 2.48. The molecule has 0 fully saturated rings. The number of hydrogen-bond donors (Lipinski definition) is 0. The van der Waals surface area contributed by atoms with E-state index in [0.29, 0.717) is 0 Å². The molecule has 0 aliphatic heterocycles. The van der Waals surface area contributed by atoms with Gasteiger partial charge in [0.05, 0.1) is 5.69 Å². The number of hydrogen-bond acceptors (Lipinski definition) is 3. The highest BCUT2D eigenvalue weighted by molar-refractivity contribution is 7.26. The Bertz CT molecular complexity index is 1990. The predicted molar refractivity (Wildman–Crippen MR) is 156 cm³/mol. The fourth-order valence-corrected chi connectivity index (χ4v) is 7.00. The maximum Gasteiger partial charge on any atom is 0.116 e. The Hall–Kier alpha value is -4.60. The number of nitrogens with zero attached hydrogens (tertiary/aromatic N) is 2. The van der Waals surface area contributed by atoms with Crippen LogP contribution in [0.25, 0.3) is 75.9 Å². The van der Waals surface area contributed by atoms with E-state index in [-0.39, 0.29) is 0 Å². The third-order valence-electron chi connectivity index (χ3n) is 7.43. The van der Waals surface area contributed by atoms with E-state index in [1.807, 2.05) is 17.5 Å². The van der Waals surface area contributed by atoms with Gasteiger partial charge in [-0.3, -0.25) is 0 Å². The largest absolute Gasteiger partial charge is 0.244 e. The number of aromatic nitrogens is 2. The number of thiophene rings is 1. The molecular weight excluding hydrogens is 468 g/mol. The summed E-state index contributed by atoms with van der Waals surface area (Å²) < 4.78 is 2.66. The summed E-state index contributed by atoms with van der Waals surface area (Å²) in [6.07, 6.45) is 3.60. The first kappa shape index (κ1) is 20.6. The molecule has 0 amide bonds. The fraction of sp³-hybridized carbons (Fsp3) is 0. The lowest BCUT2D eigenvalue weighted by atomic mass is 9.82. The lowest BCUT2D eigenvalue weighted by Gasteiger charge is -2.22. The summed E-state index contributed by atoms with van der Waals surface area (Å²) in [5.74, 6) is 0. The van der Waals surface area contributed by atoms with E-state index in [0.717, 1.165) is 22.4 Å². The van der Waals surface area contributed by atoms with E-state index < -0.39 is 0 Å². The van der Waals surface area contributed by atoms with Crippen molar-refractivity contribution in [3.63, 3.8) is 0 Å². The van der Waals surface area contributed by atoms with Gasteiger partial charge in [0.15, 0.2) is 0 Å². The smallest absolute Gasteiger partial charge is 0.116 e. The van der Waals surface area contributed by atoms with Crippen molar-refractivity contribution in [2.75, 3.05) is 0 Å². The molecule has 7 aromatic rings. The SMILES string of the molecule is c1ccc2c(c1)-c1ccc(-c3cccc4c3sc3ccccc34)cc1-c1ccccc1-c1ncncc1-2. The van der Waals surface area contributed by atoms with Crippen LogP contribution < -0.4 is 0 Å². The topological polar surface area (TPSA) is 25.8 Å². The maximum absolute atomic E-state index is 4.77. The van der Waals surface area contributed by atoms with E-state index in [1.165, 1.54) is 53.6 Å². The van der Waals surface area contributed by atoms with Crippen molar-refractivity contribution in [2.24, 2.45) is 0 Å². The molecule has 0 atom stereocenters. The quantitative estimate of drug-likeness (QED) is 0.230. The Kier molecular flexibility index (Phi) is 4.42. The summed E-state index contributed by atoms with van der Waals surface area (Å²) in [4.78, 5) is 9.16. The molecule has 5 aromatic carbocycles. The molecule has 37 heavy (non-hydrogen) atoms.